The van der Waals surface area contributed by atoms with Crippen LogP contribution in [0.5, 0.6) is 0 Å². The quantitative estimate of drug-likeness (QED) is 0.615. The molecule has 1 amide bonds. The van der Waals surface area contributed by atoms with Gasteiger partial charge in [0.1, 0.15) is 0 Å². The van der Waals surface area contributed by atoms with Crippen molar-refractivity contribution in [3.8, 4) is 11.3 Å². The number of nitrogens with zero attached hydrogens (tertiary/aromatic N) is 1. The van der Waals surface area contributed by atoms with Gasteiger partial charge in [0.25, 0.3) is 11.5 Å². The van der Waals surface area contributed by atoms with Crippen LogP contribution in [-0.4, -0.2) is 22.4 Å². The van der Waals surface area contributed by atoms with E-state index in [1.165, 1.54) is 17.3 Å². The Kier molecular flexibility index (Phi) is 6.37. The molecule has 0 unspecified atom stereocenters. The van der Waals surface area contributed by atoms with Crippen molar-refractivity contribution in [2.75, 3.05) is 6.54 Å². The molecule has 0 fully saturated rings. The number of aromatic amines is 1. The second-order valence-electron chi connectivity index (χ2n) is 7.15. The molecule has 1 aromatic heterocycles. The summed E-state index contributed by atoms with van der Waals surface area (Å²) in [6.45, 7) is 4.98. The fourth-order valence-corrected chi connectivity index (χ4v) is 3.02. The summed E-state index contributed by atoms with van der Waals surface area (Å²) in [5.41, 5.74) is 4.25. The van der Waals surface area contributed by atoms with Crippen molar-refractivity contribution in [3.05, 3.63) is 88.0 Å². The van der Waals surface area contributed by atoms with Crippen LogP contribution in [0.2, 0.25) is 0 Å². The van der Waals surface area contributed by atoms with E-state index in [1.54, 1.807) is 24.4 Å². The molecule has 0 radical (unpaired) electrons. The average molecular weight is 375 g/mol. The number of H-pyrrole nitrogens is 1. The van der Waals surface area contributed by atoms with E-state index in [0.29, 0.717) is 23.7 Å². The first-order valence-electron chi connectivity index (χ1n) is 9.55. The van der Waals surface area contributed by atoms with Gasteiger partial charge in [0.05, 0.1) is 18.1 Å². The molecule has 0 aliphatic carbocycles. The Labute approximate surface area is 164 Å². The summed E-state index contributed by atoms with van der Waals surface area (Å²) in [6.07, 6.45) is 4.59. The van der Waals surface area contributed by atoms with E-state index in [-0.39, 0.29) is 11.5 Å². The summed E-state index contributed by atoms with van der Waals surface area (Å²) in [4.78, 5) is 30.5. The number of aryl methyl sites for hydroxylation is 1. The number of amides is 1. The zero-order valence-corrected chi connectivity index (χ0v) is 16.2. The van der Waals surface area contributed by atoms with Gasteiger partial charge in [-0.15, -0.1) is 0 Å². The normalized spacial score (nSPS) is 10.8. The first-order valence-corrected chi connectivity index (χ1v) is 9.55. The van der Waals surface area contributed by atoms with E-state index in [9.17, 15) is 9.59 Å². The minimum atomic E-state index is -0.270. The van der Waals surface area contributed by atoms with Gasteiger partial charge in [-0.2, -0.15) is 0 Å². The second kappa shape index (κ2) is 9.13. The maximum Gasteiger partial charge on any atom is 0.266 e. The van der Waals surface area contributed by atoms with E-state index in [0.717, 1.165) is 18.4 Å². The smallest absolute Gasteiger partial charge is 0.266 e. The third-order valence-corrected chi connectivity index (χ3v) is 4.66. The van der Waals surface area contributed by atoms with Gasteiger partial charge >= 0.3 is 0 Å². The lowest BCUT2D eigenvalue weighted by Gasteiger charge is -2.08. The molecule has 0 aliphatic heterocycles. The molecule has 2 N–H and O–H groups in total. The van der Waals surface area contributed by atoms with Crippen LogP contribution >= 0.6 is 0 Å². The van der Waals surface area contributed by atoms with Crippen LogP contribution < -0.4 is 10.9 Å². The summed E-state index contributed by atoms with van der Waals surface area (Å²) >= 11 is 0. The van der Waals surface area contributed by atoms with Gasteiger partial charge in [-0.3, -0.25) is 14.6 Å². The van der Waals surface area contributed by atoms with Crippen LogP contribution in [0.15, 0.2) is 65.7 Å². The van der Waals surface area contributed by atoms with Crippen LogP contribution in [-0.2, 0) is 6.42 Å². The van der Waals surface area contributed by atoms with Gasteiger partial charge in [0.15, 0.2) is 0 Å². The largest absolute Gasteiger partial charge is 0.352 e. The average Bonchev–Trinajstić information content (AvgIpc) is 2.71. The lowest BCUT2D eigenvalue weighted by molar-refractivity contribution is 0.0953. The van der Waals surface area contributed by atoms with Gasteiger partial charge < -0.3 is 10.3 Å². The number of carbonyl (C=O) groups is 1. The fraction of sp³-hybridized carbons (Fsp3) is 0.261. The van der Waals surface area contributed by atoms with Crippen molar-refractivity contribution in [2.45, 2.75) is 32.6 Å². The van der Waals surface area contributed by atoms with E-state index in [2.05, 4.69) is 53.4 Å². The van der Waals surface area contributed by atoms with Crippen LogP contribution in [0.1, 0.15) is 47.7 Å². The zero-order valence-electron chi connectivity index (χ0n) is 16.2. The number of nitrogens with one attached hydrogen (secondary N) is 2. The predicted molar refractivity (Wildman–Crippen MR) is 111 cm³/mol. The van der Waals surface area contributed by atoms with E-state index in [1.807, 2.05) is 6.07 Å². The summed E-state index contributed by atoms with van der Waals surface area (Å²) in [5.74, 6) is 0.414. The van der Waals surface area contributed by atoms with E-state index in [4.69, 9.17) is 0 Å². The molecule has 28 heavy (non-hydrogen) atoms. The van der Waals surface area contributed by atoms with Gasteiger partial charge in [0, 0.05) is 17.7 Å². The monoisotopic (exact) mass is 375 g/mol. The minimum absolute atomic E-state index is 0.122. The van der Waals surface area contributed by atoms with Gasteiger partial charge in [0.2, 0.25) is 0 Å². The molecular formula is C23H25N3O2. The van der Waals surface area contributed by atoms with Gasteiger partial charge in [-0.05, 0) is 42.0 Å². The highest BCUT2D eigenvalue weighted by Gasteiger charge is 2.07. The van der Waals surface area contributed by atoms with Crippen LogP contribution in [0.3, 0.4) is 0 Å². The number of aromatic nitrogens is 2. The van der Waals surface area contributed by atoms with E-state index >= 15 is 0 Å². The van der Waals surface area contributed by atoms with Crippen molar-refractivity contribution in [2.24, 2.45) is 0 Å². The predicted octanol–water partition coefficient (Wildman–Crippen LogP) is 3.92. The van der Waals surface area contributed by atoms with Crippen molar-refractivity contribution < 1.29 is 4.79 Å². The Morgan fingerprint density at radius 2 is 1.89 bits per heavy atom. The highest BCUT2D eigenvalue weighted by molar-refractivity contribution is 5.95. The number of hydrogen-bond acceptors (Lipinski definition) is 3. The first-order chi connectivity index (χ1) is 13.5. The Bertz CT molecular complexity index is 991. The maximum atomic E-state index is 12.4. The third kappa shape index (κ3) is 5.16. The highest BCUT2D eigenvalue weighted by Crippen LogP contribution is 2.17. The first kappa shape index (κ1) is 19.5. The molecule has 0 bridgehead atoms. The minimum Gasteiger partial charge on any atom is -0.352 e. The molecule has 0 aliphatic rings. The topological polar surface area (TPSA) is 74.8 Å². The third-order valence-electron chi connectivity index (χ3n) is 4.66. The molecule has 144 valence electrons. The molecule has 0 spiro atoms. The summed E-state index contributed by atoms with van der Waals surface area (Å²) in [7, 11) is 0. The number of carbonyl (C=O) groups excluding carboxylic acids is 1. The lowest BCUT2D eigenvalue weighted by Crippen LogP contribution is -2.24. The Hall–Kier alpha value is -3.21. The molecule has 0 saturated heterocycles. The van der Waals surface area contributed by atoms with Crippen molar-refractivity contribution in [1.29, 1.82) is 0 Å². The van der Waals surface area contributed by atoms with Gasteiger partial charge in [-0.1, -0.05) is 50.2 Å². The molecule has 3 rings (SSSR count). The van der Waals surface area contributed by atoms with Crippen molar-refractivity contribution in [1.82, 2.24) is 15.3 Å². The van der Waals surface area contributed by atoms with Crippen molar-refractivity contribution in [3.63, 3.8) is 0 Å². The summed E-state index contributed by atoms with van der Waals surface area (Å²) in [5, 5.41) is 2.96. The van der Waals surface area contributed by atoms with Gasteiger partial charge in [-0.25, -0.2) is 0 Å². The maximum absolute atomic E-state index is 12.4. The number of benzene rings is 2. The highest BCUT2D eigenvalue weighted by atomic mass is 16.1. The molecule has 5 heteroatoms. The molecular weight excluding hydrogens is 350 g/mol. The molecule has 1 heterocycles. The molecule has 3 aromatic rings. The number of rotatable bonds is 7. The molecule has 2 aromatic carbocycles. The van der Waals surface area contributed by atoms with Crippen LogP contribution in [0, 0.1) is 0 Å². The second-order valence-corrected chi connectivity index (χ2v) is 7.15. The molecule has 0 saturated carbocycles. The fourth-order valence-electron chi connectivity index (χ4n) is 3.02. The number of hydrogen-bond donors (Lipinski definition) is 2. The van der Waals surface area contributed by atoms with Crippen molar-refractivity contribution >= 4 is 5.91 Å². The summed E-state index contributed by atoms with van der Waals surface area (Å²) < 4.78 is 0. The SMILES string of the molecule is CC(C)c1ccc(CCCNC(=O)c2cccc(-c3cncc(=O)[nH]3)c2)cc1. The lowest BCUT2D eigenvalue weighted by atomic mass is 10.0. The van der Waals surface area contributed by atoms with Crippen LogP contribution in [0.25, 0.3) is 11.3 Å². The Morgan fingerprint density at radius 3 is 2.61 bits per heavy atom. The molecule has 5 nitrogen and oxygen atoms in total. The zero-order chi connectivity index (χ0) is 19.9. The molecule has 0 atom stereocenters. The standard InChI is InChI=1S/C23H25N3O2/c1-16(2)18-10-8-17(9-11-18)5-4-12-25-23(28)20-7-3-6-19(13-20)21-14-24-15-22(27)26-21/h3,6-11,13-16H,4-5,12H2,1-2H3,(H,25,28)(H,26,27). The Morgan fingerprint density at radius 1 is 1.11 bits per heavy atom. The van der Waals surface area contributed by atoms with E-state index < -0.39 is 0 Å². The summed E-state index contributed by atoms with van der Waals surface area (Å²) in [6, 6.07) is 15.8. The Balaban J connectivity index is 1.54. The van der Waals surface area contributed by atoms with Crippen LogP contribution in [0.4, 0.5) is 0 Å².